The molecule has 0 aliphatic rings. The molecular weight excluding hydrogens is 274 g/mol. The normalized spacial score (nSPS) is 10.6. The molecule has 7 heteroatoms. The van der Waals surface area contributed by atoms with Crippen LogP contribution >= 0.6 is 11.3 Å². The molecule has 0 amide bonds. The summed E-state index contributed by atoms with van der Waals surface area (Å²) in [5.41, 5.74) is 6.45. The molecule has 0 unspecified atom stereocenters. The summed E-state index contributed by atoms with van der Waals surface area (Å²) >= 11 is 1.65. The van der Waals surface area contributed by atoms with E-state index in [0.717, 1.165) is 30.5 Å². The van der Waals surface area contributed by atoms with Crippen molar-refractivity contribution in [1.29, 1.82) is 0 Å². The van der Waals surface area contributed by atoms with E-state index in [9.17, 15) is 0 Å². The van der Waals surface area contributed by atoms with Crippen molar-refractivity contribution in [2.24, 2.45) is 5.84 Å². The number of rotatable bonds is 7. The van der Waals surface area contributed by atoms with Crippen molar-refractivity contribution in [3.8, 4) is 5.88 Å². The molecule has 2 aromatic heterocycles. The second-order valence-corrected chi connectivity index (χ2v) is 5.30. The molecule has 0 radical (unpaired) electrons. The Morgan fingerprint density at radius 2 is 2.15 bits per heavy atom. The van der Waals surface area contributed by atoms with Crippen LogP contribution in [-0.2, 0) is 12.8 Å². The van der Waals surface area contributed by atoms with E-state index in [0.29, 0.717) is 18.3 Å². The van der Waals surface area contributed by atoms with Crippen molar-refractivity contribution < 1.29 is 4.74 Å². The first-order valence-electron chi connectivity index (χ1n) is 6.58. The predicted octanol–water partition coefficient (Wildman–Crippen LogP) is 2.10. The summed E-state index contributed by atoms with van der Waals surface area (Å²) in [4.78, 5) is 13.8. The number of nitrogens with zero attached hydrogens (tertiary/aromatic N) is 3. The Morgan fingerprint density at radius 1 is 1.30 bits per heavy atom. The van der Waals surface area contributed by atoms with Crippen molar-refractivity contribution >= 4 is 17.2 Å². The second-order valence-electron chi connectivity index (χ2n) is 4.36. The first-order valence-corrected chi connectivity index (χ1v) is 7.46. The molecule has 0 fully saturated rings. The SMILES string of the molecule is CCCc1c(NN)ncnc1OCCc1scnc1C. The number of ether oxygens (including phenoxy) is 1. The highest BCUT2D eigenvalue weighted by molar-refractivity contribution is 7.09. The molecule has 0 aliphatic carbocycles. The van der Waals surface area contributed by atoms with Gasteiger partial charge in [0.15, 0.2) is 0 Å². The minimum Gasteiger partial charge on any atom is -0.477 e. The maximum Gasteiger partial charge on any atom is 0.221 e. The molecule has 2 rings (SSSR count). The number of thiazole rings is 1. The largest absolute Gasteiger partial charge is 0.477 e. The molecule has 108 valence electrons. The first kappa shape index (κ1) is 14.7. The van der Waals surface area contributed by atoms with Gasteiger partial charge in [-0.25, -0.2) is 20.8 Å². The summed E-state index contributed by atoms with van der Waals surface area (Å²) in [5, 5.41) is 0. The molecule has 0 aliphatic heterocycles. The molecular formula is C13H19N5OS. The Hall–Kier alpha value is -1.73. The first-order chi connectivity index (χ1) is 9.76. The standard InChI is InChI=1S/C13H19N5OS/c1-3-4-10-12(18-14)15-7-16-13(10)19-6-5-11-9(2)17-8-20-11/h7-8H,3-6,14H2,1-2H3,(H,15,16,18). The van der Waals surface area contributed by atoms with Gasteiger partial charge >= 0.3 is 0 Å². The Bertz CT molecular complexity index is 557. The third-order valence-corrected chi connectivity index (χ3v) is 3.95. The van der Waals surface area contributed by atoms with Gasteiger partial charge in [-0.3, -0.25) is 0 Å². The minimum absolute atomic E-state index is 0.570. The number of nitrogen functional groups attached to an aromatic ring is 1. The summed E-state index contributed by atoms with van der Waals surface area (Å²) in [6.07, 6.45) is 4.10. The fourth-order valence-electron chi connectivity index (χ4n) is 1.93. The molecule has 2 heterocycles. The molecule has 0 atom stereocenters. The molecule has 2 aromatic rings. The van der Waals surface area contributed by atoms with Crippen LogP contribution < -0.4 is 16.0 Å². The number of aryl methyl sites for hydroxylation is 1. The van der Waals surface area contributed by atoms with Crippen molar-refractivity contribution in [2.75, 3.05) is 12.0 Å². The highest BCUT2D eigenvalue weighted by atomic mass is 32.1. The van der Waals surface area contributed by atoms with Crippen LogP contribution in [0.25, 0.3) is 0 Å². The van der Waals surface area contributed by atoms with E-state index in [1.807, 2.05) is 12.4 Å². The maximum atomic E-state index is 5.79. The number of nitrogens with two attached hydrogens (primary N) is 1. The zero-order valence-corrected chi connectivity index (χ0v) is 12.5. The van der Waals surface area contributed by atoms with Crippen LogP contribution in [0.2, 0.25) is 0 Å². The number of hydrogen-bond donors (Lipinski definition) is 2. The summed E-state index contributed by atoms with van der Waals surface area (Å²) in [7, 11) is 0. The maximum absolute atomic E-state index is 5.79. The van der Waals surface area contributed by atoms with E-state index in [2.05, 4.69) is 27.3 Å². The van der Waals surface area contributed by atoms with Gasteiger partial charge in [-0.05, 0) is 13.3 Å². The molecule has 0 saturated carbocycles. The molecule has 20 heavy (non-hydrogen) atoms. The van der Waals surface area contributed by atoms with Crippen LogP contribution in [0, 0.1) is 6.92 Å². The van der Waals surface area contributed by atoms with E-state index in [1.54, 1.807) is 11.3 Å². The minimum atomic E-state index is 0.570. The van der Waals surface area contributed by atoms with Crippen molar-refractivity contribution in [2.45, 2.75) is 33.1 Å². The molecule has 3 N–H and O–H groups in total. The third kappa shape index (κ3) is 3.43. The smallest absolute Gasteiger partial charge is 0.221 e. The van der Waals surface area contributed by atoms with Crippen LogP contribution in [0.15, 0.2) is 11.8 Å². The van der Waals surface area contributed by atoms with Gasteiger partial charge in [-0.2, -0.15) is 0 Å². The Labute approximate surface area is 122 Å². The lowest BCUT2D eigenvalue weighted by Crippen LogP contribution is -2.13. The van der Waals surface area contributed by atoms with Crippen LogP contribution in [0.3, 0.4) is 0 Å². The van der Waals surface area contributed by atoms with Gasteiger partial charge < -0.3 is 10.2 Å². The number of hydrogen-bond acceptors (Lipinski definition) is 7. The molecule has 6 nitrogen and oxygen atoms in total. The quantitative estimate of drug-likeness (QED) is 0.600. The highest BCUT2D eigenvalue weighted by Crippen LogP contribution is 2.23. The second kappa shape index (κ2) is 7.16. The van der Waals surface area contributed by atoms with Crippen molar-refractivity contribution in [3.05, 3.63) is 28.0 Å². The molecule has 0 saturated heterocycles. The fraction of sp³-hybridized carbons (Fsp3) is 0.462. The van der Waals surface area contributed by atoms with Crippen molar-refractivity contribution in [1.82, 2.24) is 15.0 Å². The Morgan fingerprint density at radius 3 is 2.80 bits per heavy atom. The monoisotopic (exact) mass is 293 g/mol. The summed E-state index contributed by atoms with van der Waals surface area (Å²) in [6, 6.07) is 0. The van der Waals surface area contributed by atoms with Crippen LogP contribution in [0.5, 0.6) is 5.88 Å². The van der Waals surface area contributed by atoms with Gasteiger partial charge in [0.25, 0.3) is 0 Å². The lowest BCUT2D eigenvalue weighted by molar-refractivity contribution is 0.306. The van der Waals surface area contributed by atoms with E-state index in [4.69, 9.17) is 10.6 Å². The van der Waals surface area contributed by atoms with Gasteiger partial charge in [0.1, 0.15) is 12.1 Å². The van der Waals surface area contributed by atoms with E-state index >= 15 is 0 Å². The zero-order chi connectivity index (χ0) is 14.4. The van der Waals surface area contributed by atoms with Crippen LogP contribution in [0.4, 0.5) is 5.82 Å². The van der Waals surface area contributed by atoms with Gasteiger partial charge in [0, 0.05) is 11.3 Å². The number of anilines is 1. The highest BCUT2D eigenvalue weighted by Gasteiger charge is 2.11. The molecule has 0 spiro atoms. The van der Waals surface area contributed by atoms with Crippen LogP contribution in [-0.4, -0.2) is 21.6 Å². The van der Waals surface area contributed by atoms with Gasteiger partial charge in [0.05, 0.1) is 23.4 Å². The van der Waals surface area contributed by atoms with Crippen LogP contribution in [0.1, 0.15) is 29.5 Å². The fourth-order valence-corrected chi connectivity index (χ4v) is 2.69. The van der Waals surface area contributed by atoms with Crippen molar-refractivity contribution in [3.63, 3.8) is 0 Å². The zero-order valence-electron chi connectivity index (χ0n) is 11.7. The predicted molar refractivity (Wildman–Crippen MR) is 79.9 cm³/mol. The Kier molecular flexibility index (Phi) is 5.25. The number of hydrazine groups is 1. The lowest BCUT2D eigenvalue weighted by Gasteiger charge is -2.12. The third-order valence-electron chi connectivity index (χ3n) is 2.96. The summed E-state index contributed by atoms with van der Waals surface area (Å²) < 4.78 is 5.79. The summed E-state index contributed by atoms with van der Waals surface area (Å²) in [6.45, 7) is 4.67. The van der Waals surface area contributed by atoms with E-state index < -0.39 is 0 Å². The Balaban J connectivity index is 2.03. The van der Waals surface area contributed by atoms with Gasteiger partial charge in [0.2, 0.25) is 5.88 Å². The average molecular weight is 293 g/mol. The van der Waals surface area contributed by atoms with Gasteiger partial charge in [-0.15, -0.1) is 11.3 Å². The topological polar surface area (TPSA) is 86.0 Å². The number of aromatic nitrogens is 3. The summed E-state index contributed by atoms with van der Waals surface area (Å²) in [5.74, 6) is 6.71. The van der Waals surface area contributed by atoms with E-state index in [-0.39, 0.29) is 0 Å². The van der Waals surface area contributed by atoms with E-state index in [1.165, 1.54) is 11.2 Å². The average Bonchev–Trinajstić information content (AvgIpc) is 2.86. The number of nitrogens with one attached hydrogen (secondary N) is 1. The lowest BCUT2D eigenvalue weighted by atomic mass is 10.2. The molecule has 0 bridgehead atoms. The molecule has 0 aromatic carbocycles. The van der Waals surface area contributed by atoms with Gasteiger partial charge in [-0.1, -0.05) is 13.3 Å².